The van der Waals surface area contributed by atoms with Gasteiger partial charge < -0.3 is 15.2 Å². The highest BCUT2D eigenvalue weighted by molar-refractivity contribution is 5.94. The number of pyridine rings is 1. The molecule has 8 nitrogen and oxygen atoms in total. The van der Waals surface area contributed by atoms with Crippen molar-refractivity contribution in [2.45, 2.75) is 19.4 Å². The van der Waals surface area contributed by atoms with E-state index in [1.807, 2.05) is 0 Å². The zero-order chi connectivity index (χ0) is 16.4. The Morgan fingerprint density at radius 3 is 2.87 bits per heavy atom. The number of hydrogen-bond acceptors (Lipinski definition) is 4. The Kier molecular flexibility index (Phi) is 3.96. The first-order chi connectivity index (χ1) is 11.0. The van der Waals surface area contributed by atoms with E-state index in [0.717, 1.165) is 6.42 Å². The highest BCUT2D eigenvalue weighted by atomic mass is 16.2. The van der Waals surface area contributed by atoms with Crippen LogP contribution in [0.15, 0.2) is 35.4 Å². The van der Waals surface area contributed by atoms with Crippen molar-refractivity contribution < 1.29 is 9.59 Å². The minimum absolute atomic E-state index is 0.0734. The van der Waals surface area contributed by atoms with Crippen molar-refractivity contribution >= 4 is 17.6 Å². The number of likely N-dealkylation sites (tertiary alicyclic amines) is 1. The van der Waals surface area contributed by atoms with Crippen LogP contribution >= 0.6 is 0 Å². The molecule has 1 unspecified atom stereocenters. The standard InChI is InChI=1S/C15H17N5O3/c1-10(21)17-13-5-7-20(18-13)12-4-6-19(9-12)15(23)11-2-3-14(22)16-8-11/h2-3,5,7-8,12H,4,6,9H2,1H3,(H,16,22)(H,17,18,21). The number of carbonyl (C=O) groups is 2. The molecule has 3 rings (SSSR count). The van der Waals surface area contributed by atoms with E-state index in [9.17, 15) is 14.4 Å². The Hall–Kier alpha value is -2.90. The molecule has 1 aliphatic heterocycles. The zero-order valence-electron chi connectivity index (χ0n) is 12.7. The van der Waals surface area contributed by atoms with Gasteiger partial charge in [-0.3, -0.25) is 19.1 Å². The van der Waals surface area contributed by atoms with Crippen molar-refractivity contribution in [2.75, 3.05) is 18.4 Å². The molecular formula is C15H17N5O3. The number of hydrogen-bond donors (Lipinski definition) is 2. The van der Waals surface area contributed by atoms with Crippen molar-refractivity contribution in [1.82, 2.24) is 19.7 Å². The average molecular weight is 315 g/mol. The maximum atomic E-state index is 12.4. The molecule has 2 N–H and O–H groups in total. The van der Waals surface area contributed by atoms with Crippen molar-refractivity contribution in [2.24, 2.45) is 0 Å². The van der Waals surface area contributed by atoms with E-state index in [1.54, 1.807) is 21.8 Å². The van der Waals surface area contributed by atoms with Gasteiger partial charge in [0.15, 0.2) is 5.82 Å². The molecule has 0 saturated carbocycles. The topological polar surface area (TPSA) is 100 Å². The number of rotatable bonds is 3. The van der Waals surface area contributed by atoms with E-state index in [4.69, 9.17) is 0 Å². The summed E-state index contributed by atoms with van der Waals surface area (Å²) in [6.07, 6.45) is 4.01. The molecule has 120 valence electrons. The van der Waals surface area contributed by atoms with Gasteiger partial charge in [-0.15, -0.1) is 0 Å². The summed E-state index contributed by atoms with van der Waals surface area (Å²) in [5, 5.41) is 6.94. The Morgan fingerprint density at radius 2 is 2.17 bits per heavy atom. The lowest BCUT2D eigenvalue weighted by atomic mass is 10.2. The Labute approximate surface area is 132 Å². The number of anilines is 1. The molecule has 2 amide bonds. The van der Waals surface area contributed by atoms with E-state index in [2.05, 4.69) is 15.4 Å². The molecule has 0 radical (unpaired) electrons. The molecule has 1 atom stereocenters. The molecular weight excluding hydrogens is 298 g/mol. The Bertz CT molecular complexity index is 774. The molecule has 2 aromatic rings. The van der Waals surface area contributed by atoms with Crippen molar-refractivity contribution in [3.8, 4) is 0 Å². The van der Waals surface area contributed by atoms with Gasteiger partial charge >= 0.3 is 0 Å². The van der Waals surface area contributed by atoms with E-state index in [0.29, 0.717) is 24.5 Å². The zero-order valence-corrected chi connectivity index (χ0v) is 12.7. The van der Waals surface area contributed by atoms with Gasteiger partial charge in [-0.2, -0.15) is 5.10 Å². The van der Waals surface area contributed by atoms with Crippen LogP contribution < -0.4 is 10.9 Å². The molecule has 3 heterocycles. The Balaban J connectivity index is 1.67. The second-order valence-electron chi connectivity index (χ2n) is 5.50. The van der Waals surface area contributed by atoms with Crippen LogP contribution in [-0.4, -0.2) is 44.6 Å². The third-order valence-corrected chi connectivity index (χ3v) is 3.77. The molecule has 8 heteroatoms. The van der Waals surface area contributed by atoms with Gasteiger partial charge in [0.2, 0.25) is 11.5 Å². The van der Waals surface area contributed by atoms with Gasteiger partial charge in [0.05, 0.1) is 11.6 Å². The number of aromatic nitrogens is 3. The van der Waals surface area contributed by atoms with Gasteiger partial charge in [-0.25, -0.2) is 0 Å². The number of H-pyrrole nitrogens is 1. The first kappa shape index (κ1) is 15.0. The summed E-state index contributed by atoms with van der Waals surface area (Å²) in [6.45, 7) is 2.59. The third-order valence-electron chi connectivity index (χ3n) is 3.77. The molecule has 1 saturated heterocycles. The first-order valence-corrected chi connectivity index (χ1v) is 7.33. The predicted molar refractivity (Wildman–Crippen MR) is 83.2 cm³/mol. The van der Waals surface area contributed by atoms with Crippen LogP contribution in [0.1, 0.15) is 29.7 Å². The maximum absolute atomic E-state index is 12.4. The summed E-state index contributed by atoms with van der Waals surface area (Å²) >= 11 is 0. The molecule has 0 spiro atoms. The van der Waals surface area contributed by atoms with Crippen LogP contribution in [0.5, 0.6) is 0 Å². The highest BCUT2D eigenvalue weighted by Crippen LogP contribution is 2.23. The fourth-order valence-electron chi connectivity index (χ4n) is 2.66. The second-order valence-corrected chi connectivity index (χ2v) is 5.50. The monoisotopic (exact) mass is 315 g/mol. The van der Waals surface area contributed by atoms with Crippen molar-refractivity contribution in [3.63, 3.8) is 0 Å². The fraction of sp³-hybridized carbons (Fsp3) is 0.333. The molecule has 0 aliphatic carbocycles. The van der Waals surface area contributed by atoms with Crippen LogP contribution in [-0.2, 0) is 4.79 Å². The minimum atomic E-state index is -0.233. The summed E-state index contributed by atoms with van der Waals surface area (Å²) in [6, 6.07) is 4.67. The first-order valence-electron chi connectivity index (χ1n) is 7.33. The smallest absolute Gasteiger partial charge is 0.255 e. The average Bonchev–Trinajstić information content (AvgIpc) is 3.15. The summed E-state index contributed by atoms with van der Waals surface area (Å²) in [7, 11) is 0. The minimum Gasteiger partial charge on any atom is -0.336 e. The summed E-state index contributed by atoms with van der Waals surface area (Å²) in [5.74, 6) is 0.220. The number of nitrogens with one attached hydrogen (secondary N) is 2. The van der Waals surface area contributed by atoms with Gasteiger partial charge in [0.1, 0.15) is 0 Å². The lowest BCUT2D eigenvalue weighted by Gasteiger charge is -2.16. The van der Waals surface area contributed by atoms with Gasteiger partial charge in [-0.05, 0) is 12.5 Å². The predicted octanol–water partition coefficient (Wildman–Crippen LogP) is 0.617. The number of amides is 2. The summed E-state index contributed by atoms with van der Waals surface area (Å²) in [4.78, 5) is 38.7. The largest absolute Gasteiger partial charge is 0.336 e. The fourth-order valence-corrected chi connectivity index (χ4v) is 2.66. The number of carbonyl (C=O) groups excluding carboxylic acids is 2. The van der Waals surface area contributed by atoms with Gasteiger partial charge in [-0.1, -0.05) is 0 Å². The maximum Gasteiger partial charge on any atom is 0.255 e. The SMILES string of the molecule is CC(=O)Nc1ccn(C2CCN(C(=O)c3ccc(=O)[nH]c3)C2)n1. The molecule has 2 aromatic heterocycles. The normalized spacial score (nSPS) is 17.3. The van der Waals surface area contributed by atoms with E-state index >= 15 is 0 Å². The molecule has 1 aliphatic rings. The Morgan fingerprint density at radius 1 is 1.35 bits per heavy atom. The molecule has 1 fully saturated rings. The second kappa shape index (κ2) is 6.07. The number of nitrogens with zero attached hydrogens (tertiary/aromatic N) is 3. The molecule has 0 aromatic carbocycles. The third kappa shape index (κ3) is 3.31. The van der Waals surface area contributed by atoms with Crippen molar-refractivity contribution in [3.05, 3.63) is 46.5 Å². The van der Waals surface area contributed by atoms with Crippen molar-refractivity contribution in [1.29, 1.82) is 0 Å². The van der Waals surface area contributed by atoms with E-state index in [-0.39, 0.29) is 23.4 Å². The van der Waals surface area contributed by atoms with Crippen LogP contribution in [0.4, 0.5) is 5.82 Å². The highest BCUT2D eigenvalue weighted by Gasteiger charge is 2.28. The summed E-state index contributed by atoms with van der Waals surface area (Å²) in [5.41, 5.74) is 0.229. The van der Waals surface area contributed by atoms with Gasteiger partial charge in [0.25, 0.3) is 5.91 Å². The van der Waals surface area contributed by atoms with Crippen LogP contribution in [0.25, 0.3) is 0 Å². The summed E-state index contributed by atoms with van der Waals surface area (Å²) < 4.78 is 1.77. The van der Waals surface area contributed by atoms with Crippen LogP contribution in [0.3, 0.4) is 0 Å². The van der Waals surface area contributed by atoms with Crippen LogP contribution in [0, 0.1) is 0 Å². The number of aromatic amines is 1. The molecule has 0 bridgehead atoms. The lowest BCUT2D eigenvalue weighted by molar-refractivity contribution is -0.114. The van der Waals surface area contributed by atoms with E-state index in [1.165, 1.54) is 25.3 Å². The van der Waals surface area contributed by atoms with Crippen LogP contribution in [0.2, 0.25) is 0 Å². The lowest BCUT2D eigenvalue weighted by Crippen LogP contribution is -2.29. The molecule has 23 heavy (non-hydrogen) atoms. The quantitative estimate of drug-likeness (QED) is 0.867. The van der Waals surface area contributed by atoms with Gasteiger partial charge in [0, 0.05) is 44.5 Å². The van der Waals surface area contributed by atoms with E-state index < -0.39 is 0 Å².